The maximum absolute atomic E-state index is 8.32. The molecule has 1 heterocycles. The highest BCUT2D eigenvalue weighted by atomic mass is 14.7. The minimum absolute atomic E-state index is 0.338. The molecule has 52 valence electrons. The zero-order chi connectivity index (χ0) is 8.10. The Labute approximate surface area is 65.5 Å². The van der Waals surface area contributed by atoms with Gasteiger partial charge in [0.05, 0.1) is 18.2 Å². The summed E-state index contributed by atoms with van der Waals surface area (Å²) in [6.45, 7) is 0. The third-order valence-corrected chi connectivity index (χ3v) is 1.25. The van der Waals surface area contributed by atoms with Crippen molar-refractivity contribution in [1.82, 2.24) is 4.98 Å². The van der Waals surface area contributed by atoms with Crippen LogP contribution >= 0.6 is 0 Å². The summed E-state index contributed by atoms with van der Waals surface area (Å²) in [4.78, 5) is 3.97. The van der Waals surface area contributed by atoms with E-state index in [-0.39, 0.29) is 0 Å². The van der Waals surface area contributed by atoms with E-state index < -0.39 is 0 Å². The molecule has 0 bridgehead atoms. The van der Waals surface area contributed by atoms with Crippen LogP contribution in [0.4, 0.5) is 0 Å². The Kier molecular flexibility index (Phi) is 2.25. The average Bonchev–Trinajstić information content (AvgIpc) is 2.07. The summed E-state index contributed by atoms with van der Waals surface area (Å²) >= 11 is 0. The zero-order valence-corrected chi connectivity index (χ0v) is 5.91. The van der Waals surface area contributed by atoms with Crippen molar-refractivity contribution in [1.29, 1.82) is 5.26 Å². The highest BCUT2D eigenvalue weighted by Crippen LogP contribution is 1.98. The Morgan fingerprint density at radius 2 is 2.36 bits per heavy atom. The maximum atomic E-state index is 8.32. The van der Waals surface area contributed by atoms with Crippen LogP contribution in [0, 0.1) is 23.7 Å². The van der Waals surface area contributed by atoms with Gasteiger partial charge in [0.2, 0.25) is 0 Å². The quantitative estimate of drug-likeness (QED) is 0.551. The molecular formula is C9H6N2. The van der Waals surface area contributed by atoms with Crippen molar-refractivity contribution in [2.24, 2.45) is 0 Å². The molecule has 2 heteroatoms. The highest BCUT2D eigenvalue weighted by molar-refractivity contribution is 5.30. The van der Waals surface area contributed by atoms with Crippen LogP contribution in [0.15, 0.2) is 18.3 Å². The van der Waals surface area contributed by atoms with E-state index in [4.69, 9.17) is 11.7 Å². The predicted molar refractivity (Wildman–Crippen MR) is 41.5 cm³/mol. The van der Waals surface area contributed by atoms with E-state index in [0.717, 1.165) is 11.3 Å². The van der Waals surface area contributed by atoms with Crippen molar-refractivity contribution in [3.05, 3.63) is 29.6 Å². The third kappa shape index (κ3) is 1.81. The van der Waals surface area contributed by atoms with Gasteiger partial charge in [-0.25, -0.2) is 0 Å². The first kappa shape index (κ1) is 7.31. The predicted octanol–water partition coefficient (Wildman–Crippen LogP) is 1.13. The molecule has 0 N–H and O–H groups in total. The van der Waals surface area contributed by atoms with Gasteiger partial charge in [-0.1, -0.05) is 5.92 Å². The second-order valence-corrected chi connectivity index (χ2v) is 2.02. The molecule has 0 atom stereocenters. The fourth-order valence-electron chi connectivity index (χ4n) is 0.695. The molecule has 11 heavy (non-hydrogen) atoms. The molecule has 0 radical (unpaired) electrons. The summed E-state index contributed by atoms with van der Waals surface area (Å²) in [7, 11) is 0. The number of hydrogen-bond acceptors (Lipinski definition) is 2. The van der Waals surface area contributed by atoms with Gasteiger partial charge in [0.15, 0.2) is 0 Å². The Hall–Kier alpha value is -1.80. The lowest BCUT2D eigenvalue weighted by atomic mass is 10.2. The van der Waals surface area contributed by atoms with Crippen LogP contribution in [-0.2, 0) is 6.42 Å². The molecular weight excluding hydrogens is 136 g/mol. The number of terminal acetylenes is 1. The molecule has 0 aliphatic heterocycles. The molecule has 0 saturated carbocycles. The van der Waals surface area contributed by atoms with E-state index in [1.165, 1.54) is 0 Å². The van der Waals surface area contributed by atoms with Crippen LogP contribution in [0.1, 0.15) is 11.3 Å². The lowest BCUT2D eigenvalue weighted by Crippen LogP contribution is -1.87. The number of nitrogens with zero attached hydrogens (tertiary/aromatic N) is 2. The normalized spacial score (nSPS) is 8.18. The van der Waals surface area contributed by atoms with E-state index in [0.29, 0.717) is 6.42 Å². The summed E-state index contributed by atoms with van der Waals surface area (Å²) < 4.78 is 0. The van der Waals surface area contributed by atoms with Crippen molar-refractivity contribution in [2.45, 2.75) is 6.42 Å². The van der Waals surface area contributed by atoms with Crippen LogP contribution in [-0.4, -0.2) is 4.98 Å². The molecule has 0 aromatic carbocycles. The monoisotopic (exact) mass is 142 g/mol. The molecule has 0 saturated heterocycles. The van der Waals surface area contributed by atoms with Crippen molar-refractivity contribution in [2.75, 3.05) is 0 Å². The van der Waals surface area contributed by atoms with E-state index in [2.05, 4.69) is 10.9 Å². The van der Waals surface area contributed by atoms with E-state index >= 15 is 0 Å². The van der Waals surface area contributed by atoms with Gasteiger partial charge in [0, 0.05) is 11.8 Å². The van der Waals surface area contributed by atoms with Crippen LogP contribution in [0.5, 0.6) is 0 Å². The number of hydrogen-bond donors (Lipinski definition) is 0. The Morgan fingerprint density at radius 3 is 2.82 bits per heavy atom. The molecule has 1 aromatic rings. The van der Waals surface area contributed by atoms with Gasteiger partial charge < -0.3 is 0 Å². The minimum atomic E-state index is 0.338. The topological polar surface area (TPSA) is 36.7 Å². The Bertz CT molecular complexity index is 311. The van der Waals surface area contributed by atoms with E-state index in [1.807, 2.05) is 6.07 Å². The molecule has 1 aromatic heterocycles. The van der Waals surface area contributed by atoms with E-state index in [1.54, 1.807) is 18.3 Å². The molecule has 0 fully saturated rings. The fraction of sp³-hybridized carbons (Fsp3) is 0.111. The molecule has 0 unspecified atom stereocenters. The Morgan fingerprint density at radius 1 is 1.55 bits per heavy atom. The number of rotatable bonds is 1. The average molecular weight is 142 g/mol. The van der Waals surface area contributed by atoms with Crippen LogP contribution in [0.25, 0.3) is 0 Å². The summed E-state index contributed by atoms with van der Waals surface area (Å²) in [6.07, 6.45) is 7.05. The molecule has 1 rings (SSSR count). The van der Waals surface area contributed by atoms with Crippen LogP contribution < -0.4 is 0 Å². The number of pyridine rings is 1. The van der Waals surface area contributed by atoms with Crippen molar-refractivity contribution >= 4 is 0 Å². The first-order valence-corrected chi connectivity index (χ1v) is 3.15. The molecule has 0 aliphatic carbocycles. The summed E-state index contributed by atoms with van der Waals surface area (Å²) in [6, 6.07) is 5.55. The second kappa shape index (κ2) is 3.39. The van der Waals surface area contributed by atoms with Gasteiger partial charge in [-0.2, -0.15) is 5.26 Å². The SMILES string of the molecule is C#Cc1ccc(CC#N)nc1. The standard InChI is InChI=1S/C9H6N2/c1-2-8-3-4-9(5-6-10)11-7-8/h1,3-4,7H,5H2. The second-order valence-electron chi connectivity index (χ2n) is 2.02. The lowest BCUT2D eigenvalue weighted by molar-refractivity contribution is 1.11. The minimum Gasteiger partial charge on any atom is -0.259 e. The van der Waals surface area contributed by atoms with Gasteiger partial charge in [-0.3, -0.25) is 4.98 Å². The fourth-order valence-corrected chi connectivity index (χ4v) is 0.695. The zero-order valence-electron chi connectivity index (χ0n) is 5.91. The maximum Gasteiger partial charge on any atom is 0.0774 e. The first-order valence-electron chi connectivity index (χ1n) is 3.15. The summed E-state index contributed by atoms with van der Waals surface area (Å²) in [5, 5.41) is 8.32. The van der Waals surface area contributed by atoms with Crippen molar-refractivity contribution in [3.8, 4) is 18.4 Å². The molecule has 0 amide bonds. The highest BCUT2D eigenvalue weighted by Gasteiger charge is 1.91. The van der Waals surface area contributed by atoms with Crippen LogP contribution in [0.2, 0.25) is 0 Å². The third-order valence-electron chi connectivity index (χ3n) is 1.25. The summed E-state index contributed by atoms with van der Waals surface area (Å²) in [5.74, 6) is 2.45. The van der Waals surface area contributed by atoms with Gasteiger partial charge in [-0.15, -0.1) is 6.42 Å². The van der Waals surface area contributed by atoms with Crippen LogP contribution in [0.3, 0.4) is 0 Å². The Balaban J connectivity index is 2.87. The van der Waals surface area contributed by atoms with Gasteiger partial charge in [0.1, 0.15) is 0 Å². The molecule has 2 nitrogen and oxygen atoms in total. The molecule has 0 aliphatic rings. The largest absolute Gasteiger partial charge is 0.259 e. The lowest BCUT2D eigenvalue weighted by Gasteiger charge is -1.92. The number of nitriles is 1. The van der Waals surface area contributed by atoms with Crippen molar-refractivity contribution in [3.63, 3.8) is 0 Å². The van der Waals surface area contributed by atoms with Gasteiger partial charge in [-0.05, 0) is 12.1 Å². The first-order chi connectivity index (χ1) is 5.36. The van der Waals surface area contributed by atoms with E-state index in [9.17, 15) is 0 Å². The van der Waals surface area contributed by atoms with Gasteiger partial charge in [0.25, 0.3) is 0 Å². The smallest absolute Gasteiger partial charge is 0.0774 e. The number of aromatic nitrogens is 1. The van der Waals surface area contributed by atoms with Crippen molar-refractivity contribution < 1.29 is 0 Å². The van der Waals surface area contributed by atoms with Gasteiger partial charge >= 0.3 is 0 Å². The summed E-state index contributed by atoms with van der Waals surface area (Å²) in [5.41, 5.74) is 1.50. The molecule has 0 spiro atoms.